The van der Waals surface area contributed by atoms with E-state index in [1.807, 2.05) is 56.3 Å². The second-order valence-electron chi connectivity index (χ2n) is 6.72. The van der Waals surface area contributed by atoms with Crippen LogP contribution in [-0.2, 0) is 10.5 Å². The summed E-state index contributed by atoms with van der Waals surface area (Å²) in [4.78, 5) is 17.8. The number of carbonyl (C=O) groups excluding carboxylic acids is 1. The normalized spacial score (nSPS) is 10.5. The maximum atomic E-state index is 12.3. The number of benzene rings is 2. The third-order valence-electron chi connectivity index (χ3n) is 4.32. The Morgan fingerprint density at radius 2 is 1.87 bits per heavy atom. The molecule has 1 N–H and O–H groups in total. The minimum atomic E-state index is -0.238. The number of nitrogens with zero attached hydrogens (tertiary/aromatic N) is 1. The summed E-state index contributed by atoms with van der Waals surface area (Å²) in [5.41, 5.74) is 3.75. The molecule has 0 spiro atoms. The molecular weight excluding hydrogens is 420 g/mol. The highest BCUT2D eigenvalue weighted by Gasteiger charge is 2.11. The van der Waals surface area contributed by atoms with Crippen LogP contribution in [0, 0.1) is 13.8 Å². The highest BCUT2D eigenvalue weighted by molar-refractivity contribution is 7.98. The number of thioether (sulfide) groups is 1. The van der Waals surface area contributed by atoms with E-state index in [1.54, 1.807) is 31.1 Å². The molecule has 0 aliphatic rings. The number of carbonyl (C=O) groups is 1. The standard InChI is InChI=1S/C23H23ClN2O3S/c1-15-4-9-20(16(2)10-15)26-23(27)13-29-21-11-18(25-12-22(21)28-3)14-30-19-7-5-17(24)6-8-19/h4-12H,13-14H2,1-3H3,(H,26,27). The third-order valence-corrected chi connectivity index (χ3v) is 5.62. The zero-order valence-corrected chi connectivity index (χ0v) is 18.6. The van der Waals surface area contributed by atoms with Crippen LogP contribution in [0.3, 0.4) is 0 Å². The SMILES string of the molecule is COc1cnc(CSc2ccc(Cl)cc2)cc1OCC(=O)Nc1ccc(C)cc1C. The van der Waals surface area contributed by atoms with Gasteiger partial charge in [-0.2, -0.15) is 0 Å². The Kier molecular flexibility index (Phi) is 7.60. The predicted octanol–water partition coefficient (Wildman–Crippen LogP) is 5.67. The van der Waals surface area contributed by atoms with E-state index in [4.69, 9.17) is 21.1 Å². The summed E-state index contributed by atoms with van der Waals surface area (Å²) in [7, 11) is 1.54. The van der Waals surface area contributed by atoms with Gasteiger partial charge in [0.05, 0.1) is 19.0 Å². The van der Waals surface area contributed by atoms with Crippen LogP contribution in [0.4, 0.5) is 5.69 Å². The first-order valence-electron chi connectivity index (χ1n) is 9.36. The van der Waals surface area contributed by atoms with E-state index in [1.165, 1.54) is 0 Å². The number of aromatic nitrogens is 1. The average Bonchev–Trinajstić information content (AvgIpc) is 2.74. The van der Waals surface area contributed by atoms with Crippen molar-refractivity contribution in [3.8, 4) is 11.5 Å². The monoisotopic (exact) mass is 442 g/mol. The number of halogens is 1. The molecule has 3 aromatic rings. The molecule has 0 saturated heterocycles. The highest BCUT2D eigenvalue weighted by Crippen LogP contribution is 2.30. The van der Waals surface area contributed by atoms with Crippen molar-refractivity contribution in [1.29, 1.82) is 0 Å². The van der Waals surface area contributed by atoms with Crippen molar-refractivity contribution < 1.29 is 14.3 Å². The maximum absolute atomic E-state index is 12.3. The van der Waals surface area contributed by atoms with Gasteiger partial charge in [0.1, 0.15) is 0 Å². The molecule has 1 heterocycles. The van der Waals surface area contributed by atoms with E-state index in [-0.39, 0.29) is 12.5 Å². The maximum Gasteiger partial charge on any atom is 0.262 e. The molecule has 0 saturated carbocycles. The number of hydrogen-bond donors (Lipinski definition) is 1. The van der Waals surface area contributed by atoms with Gasteiger partial charge in [0.25, 0.3) is 5.91 Å². The van der Waals surface area contributed by atoms with Crippen molar-refractivity contribution >= 4 is 35.0 Å². The van der Waals surface area contributed by atoms with E-state index in [9.17, 15) is 4.79 Å². The Balaban J connectivity index is 1.61. The van der Waals surface area contributed by atoms with Crippen molar-refractivity contribution in [2.75, 3.05) is 19.0 Å². The first-order chi connectivity index (χ1) is 14.4. The number of nitrogens with one attached hydrogen (secondary N) is 1. The molecular formula is C23H23ClN2O3S. The molecule has 0 bridgehead atoms. The first-order valence-corrected chi connectivity index (χ1v) is 10.7. The number of rotatable bonds is 8. The number of aryl methyl sites for hydroxylation is 2. The summed E-state index contributed by atoms with van der Waals surface area (Å²) in [6, 6.07) is 15.3. The molecule has 30 heavy (non-hydrogen) atoms. The van der Waals surface area contributed by atoms with Gasteiger partial charge in [-0.3, -0.25) is 9.78 Å². The molecule has 1 aromatic heterocycles. The lowest BCUT2D eigenvalue weighted by Gasteiger charge is -2.13. The van der Waals surface area contributed by atoms with E-state index in [0.717, 1.165) is 27.4 Å². The van der Waals surface area contributed by atoms with Crippen LogP contribution in [0.25, 0.3) is 0 Å². The number of ether oxygens (including phenoxy) is 2. The zero-order valence-electron chi connectivity index (χ0n) is 17.1. The smallest absolute Gasteiger partial charge is 0.262 e. The topological polar surface area (TPSA) is 60.5 Å². The van der Waals surface area contributed by atoms with Gasteiger partial charge in [0, 0.05) is 27.4 Å². The van der Waals surface area contributed by atoms with Crippen molar-refractivity contribution in [2.45, 2.75) is 24.5 Å². The Morgan fingerprint density at radius 1 is 1.10 bits per heavy atom. The van der Waals surface area contributed by atoms with Gasteiger partial charge in [-0.1, -0.05) is 29.3 Å². The number of anilines is 1. The Labute approximate surface area is 185 Å². The lowest BCUT2D eigenvalue weighted by atomic mass is 10.1. The molecule has 0 aliphatic carbocycles. The molecule has 5 nitrogen and oxygen atoms in total. The summed E-state index contributed by atoms with van der Waals surface area (Å²) in [5, 5.41) is 3.58. The predicted molar refractivity (Wildman–Crippen MR) is 122 cm³/mol. The summed E-state index contributed by atoms with van der Waals surface area (Å²) >= 11 is 7.56. The quantitative estimate of drug-likeness (QED) is 0.455. The minimum Gasteiger partial charge on any atom is -0.491 e. The van der Waals surface area contributed by atoms with Gasteiger partial charge in [-0.25, -0.2) is 0 Å². The summed E-state index contributed by atoms with van der Waals surface area (Å²) in [5.74, 6) is 1.37. The second kappa shape index (κ2) is 10.4. The van der Waals surface area contributed by atoms with Crippen LogP contribution >= 0.6 is 23.4 Å². The number of amides is 1. The van der Waals surface area contributed by atoms with E-state index < -0.39 is 0 Å². The molecule has 0 fully saturated rings. The van der Waals surface area contributed by atoms with Gasteiger partial charge in [0.15, 0.2) is 18.1 Å². The number of methoxy groups -OCH3 is 1. The lowest BCUT2D eigenvalue weighted by Crippen LogP contribution is -2.21. The van der Waals surface area contributed by atoms with Crippen LogP contribution in [0.15, 0.2) is 59.6 Å². The Morgan fingerprint density at radius 3 is 2.57 bits per heavy atom. The van der Waals surface area contributed by atoms with E-state index in [0.29, 0.717) is 22.3 Å². The fourth-order valence-electron chi connectivity index (χ4n) is 2.78. The van der Waals surface area contributed by atoms with Gasteiger partial charge in [-0.15, -0.1) is 11.8 Å². The largest absolute Gasteiger partial charge is 0.491 e. The average molecular weight is 443 g/mol. The van der Waals surface area contributed by atoms with Crippen LogP contribution < -0.4 is 14.8 Å². The van der Waals surface area contributed by atoms with Crippen molar-refractivity contribution in [1.82, 2.24) is 4.98 Å². The minimum absolute atomic E-state index is 0.128. The fraction of sp³-hybridized carbons (Fsp3) is 0.217. The van der Waals surface area contributed by atoms with Crippen LogP contribution in [0.1, 0.15) is 16.8 Å². The number of hydrogen-bond acceptors (Lipinski definition) is 5. The van der Waals surface area contributed by atoms with E-state index in [2.05, 4.69) is 10.3 Å². The summed E-state index contributed by atoms with van der Waals surface area (Å²) < 4.78 is 11.0. The van der Waals surface area contributed by atoms with Crippen molar-refractivity contribution in [2.24, 2.45) is 0 Å². The molecule has 2 aromatic carbocycles. The van der Waals surface area contributed by atoms with Gasteiger partial charge >= 0.3 is 0 Å². The van der Waals surface area contributed by atoms with E-state index >= 15 is 0 Å². The first kappa shape index (κ1) is 22.0. The van der Waals surface area contributed by atoms with Crippen LogP contribution in [0.2, 0.25) is 5.02 Å². The molecule has 3 rings (SSSR count). The molecule has 0 radical (unpaired) electrons. The second-order valence-corrected chi connectivity index (χ2v) is 8.21. The number of pyridine rings is 1. The van der Waals surface area contributed by atoms with Crippen molar-refractivity contribution in [3.63, 3.8) is 0 Å². The van der Waals surface area contributed by atoms with Crippen LogP contribution in [0.5, 0.6) is 11.5 Å². The summed E-state index contributed by atoms with van der Waals surface area (Å²) in [6.45, 7) is 3.84. The van der Waals surface area contributed by atoms with Crippen molar-refractivity contribution in [3.05, 3.63) is 76.6 Å². The molecule has 0 atom stereocenters. The van der Waals surface area contributed by atoms with Gasteiger partial charge < -0.3 is 14.8 Å². The Hall–Kier alpha value is -2.70. The molecule has 7 heteroatoms. The van der Waals surface area contributed by atoms with Crippen LogP contribution in [-0.4, -0.2) is 24.6 Å². The summed E-state index contributed by atoms with van der Waals surface area (Å²) in [6.07, 6.45) is 1.61. The molecule has 0 aliphatic heterocycles. The molecule has 156 valence electrons. The lowest BCUT2D eigenvalue weighted by molar-refractivity contribution is -0.118. The molecule has 0 unspecified atom stereocenters. The highest BCUT2D eigenvalue weighted by atomic mass is 35.5. The molecule has 1 amide bonds. The zero-order chi connectivity index (χ0) is 21.5. The third kappa shape index (κ3) is 6.15. The van der Waals surface area contributed by atoms with Gasteiger partial charge in [-0.05, 0) is 49.7 Å². The Bertz CT molecular complexity index is 1030. The van der Waals surface area contributed by atoms with Gasteiger partial charge in [0.2, 0.25) is 0 Å². The fourth-order valence-corrected chi connectivity index (χ4v) is 3.71.